The SMILES string of the molecule is C1=Cc2ccccc2C(c2c3ccccc3cc3ccccc23)c2ccccc21. The summed E-state index contributed by atoms with van der Waals surface area (Å²) in [5.41, 5.74) is 6.74. The van der Waals surface area contributed by atoms with Crippen LogP contribution in [0.15, 0.2) is 103 Å². The molecule has 0 unspecified atom stereocenters. The van der Waals surface area contributed by atoms with Crippen molar-refractivity contribution in [3.8, 4) is 0 Å². The first-order valence-electron chi connectivity index (χ1n) is 10.2. The molecule has 136 valence electrons. The second-order valence-electron chi connectivity index (χ2n) is 7.76. The number of fused-ring (bicyclic) bond motifs is 4. The van der Waals surface area contributed by atoms with E-state index in [4.69, 9.17) is 0 Å². The predicted molar refractivity (Wildman–Crippen MR) is 124 cm³/mol. The van der Waals surface area contributed by atoms with Crippen molar-refractivity contribution in [3.05, 3.63) is 131 Å². The van der Waals surface area contributed by atoms with Gasteiger partial charge in [-0.25, -0.2) is 0 Å². The predicted octanol–water partition coefficient (Wildman–Crippen LogP) is 7.66. The van der Waals surface area contributed by atoms with Gasteiger partial charge in [0, 0.05) is 5.92 Å². The van der Waals surface area contributed by atoms with E-state index in [2.05, 4.69) is 115 Å². The standard InChI is InChI=1S/C29H20/c1-5-13-24-20(9-1)17-18-21-10-2-6-14-25(21)28(24)29-26-15-7-3-11-22(26)19-23-12-4-8-16-27(23)29/h1-19,28H. The molecule has 0 N–H and O–H groups in total. The van der Waals surface area contributed by atoms with E-state index in [1.165, 1.54) is 49.4 Å². The van der Waals surface area contributed by atoms with Gasteiger partial charge in [0.15, 0.2) is 0 Å². The second kappa shape index (κ2) is 6.46. The molecule has 0 bridgehead atoms. The lowest BCUT2D eigenvalue weighted by atomic mass is 9.78. The summed E-state index contributed by atoms with van der Waals surface area (Å²) in [4.78, 5) is 0. The van der Waals surface area contributed by atoms with Gasteiger partial charge >= 0.3 is 0 Å². The lowest BCUT2D eigenvalue weighted by molar-refractivity contribution is 0.995. The van der Waals surface area contributed by atoms with E-state index in [1.807, 2.05) is 0 Å². The van der Waals surface area contributed by atoms with Crippen LogP contribution in [0.3, 0.4) is 0 Å². The Bertz CT molecular complexity index is 1300. The van der Waals surface area contributed by atoms with Crippen LogP contribution in [0.4, 0.5) is 0 Å². The average molecular weight is 368 g/mol. The molecule has 0 heterocycles. The lowest BCUT2D eigenvalue weighted by Crippen LogP contribution is -2.07. The zero-order chi connectivity index (χ0) is 19.2. The molecule has 29 heavy (non-hydrogen) atoms. The lowest BCUT2D eigenvalue weighted by Gasteiger charge is -2.24. The molecule has 5 aromatic carbocycles. The molecule has 6 rings (SSSR count). The Labute approximate surface area is 170 Å². The summed E-state index contributed by atoms with van der Waals surface area (Å²) in [6.07, 6.45) is 4.53. The minimum Gasteiger partial charge on any atom is -0.0619 e. The Morgan fingerprint density at radius 2 is 0.897 bits per heavy atom. The van der Waals surface area contributed by atoms with Crippen molar-refractivity contribution in [1.82, 2.24) is 0 Å². The van der Waals surface area contributed by atoms with Gasteiger partial charge in [0.25, 0.3) is 0 Å². The quantitative estimate of drug-likeness (QED) is 0.261. The summed E-state index contributed by atoms with van der Waals surface area (Å²) in [6, 6.07) is 37.6. The molecule has 0 saturated heterocycles. The fourth-order valence-corrected chi connectivity index (χ4v) is 4.87. The number of rotatable bonds is 1. The summed E-state index contributed by atoms with van der Waals surface area (Å²) in [6.45, 7) is 0. The van der Waals surface area contributed by atoms with Crippen molar-refractivity contribution in [2.45, 2.75) is 5.92 Å². The largest absolute Gasteiger partial charge is 0.0619 e. The van der Waals surface area contributed by atoms with E-state index < -0.39 is 0 Å². The normalized spacial score (nSPS) is 13.2. The van der Waals surface area contributed by atoms with Crippen molar-refractivity contribution < 1.29 is 0 Å². The maximum absolute atomic E-state index is 2.32. The topological polar surface area (TPSA) is 0 Å². The fraction of sp³-hybridized carbons (Fsp3) is 0.0345. The third-order valence-electron chi connectivity index (χ3n) is 6.16. The molecule has 0 saturated carbocycles. The van der Waals surface area contributed by atoms with Crippen molar-refractivity contribution in [1.29, 1.82) is 0 Å². The number of benzene rings is 5. The third kappa shape index (κ3) is 2.53. The molecular formula is C29H20. The second-order valence-corrected chi connectivity index (χ2v) is 7.76. The first-order chi connectivity index (χ1) is 14.4. The molecular weight excluding hydrogens is 348 g/mol. The molecule has 1 aliphatic carbocycles. The van der Waals surface area contributed by atoms with E-state index in [-0.39, 0.29) is 5.92 Å². The van der Waals surface area contributed by atoms with E-state index in [0.717, 1.165) is 0 Å². The molecule has 0 spiro atoms. The summed E-state index contributed by atoms with van der Waals surface area (Å²) < 4.78 is 0. The van der Waals surface area contributed by atoms with Gasteiger partial charge in [-0.05, 0) is 55.4 Å². The van der Waals surface area contributed by atoms with Crippen molar-refractivity contribution in [2.24, 2.45) is 0 Å². The average Bonchev–Trinajstić information content (AvgIpc) is 2.94. The van der Waals surface area contributed by atoms with E-state index >= 15 is 0 Å². The maximum atomic E-state index is 2.32. The zero-order valence-corrected chi connectivity index (χ0v) is 16.0. The summed E-state index contributed by atoms with van der Waals surface area (Å²) in [5.74, 6) is 0.188. The van der Waals surface area contributed by atoms with Crippen molar-refractivity contribution in [3.63, 3.8) is 0 Å². The molecule has 1 aliphatic rings. The monoisotopic (exact) mass is 368 g/mol. The zero-order valence-electron chi connectivity index (χ0n) is 16.0. The minimum atomic E-state index is 0.188. The Balaban J connectivity index is 1.81. The third-order valence-corrected chi connectivity index (χ3v) is 6.16. The van der Waals surface area contributed by atoms with Crippen LogP contribution in [0.25, 0.3) is 33.7 Å². The van der Waals surface area contributed by atoms with Gasteiger partial charge in [-0.15, -0.1) is 0 Å². The van der Waals surface area contributed by atoms with Crippen LogP contribution >= 0.6 is 0 Å². The van der Waals surface area contributed by atoms with Crippen LogP contribution in [0, 0.1) is 0 Å². The molecule has 0 aromatic heterocycles. The number of hydrogen-bond acceptors (Lipinski definition) is 0. The van der Waals surface area contributed by atoms with Gasteiger partial charge in [0.1, 0.15) is 0 Å². The molecule has 5 aromatic rings. The Morgan fingerprint density at radius 3 is 1.45 bits per heavy atom. The highest BCUT2D eigenvalue weighted by atomic mass is 14.3. The van der Waals surface area contributed by atoms with Crippen LogP contribution in [0.1, 0.15) is 33.7 Å². The Morgan fingerprint density at radius 1 is 0.448 bits per heavy atom. The Hall–Kier alpha value is -3.64. The van der Waals surface area contributed by atoms with Gasteiger partial charge in [0.2, 0.25) is 0 Å². The van der Waals surface area contributed by atoms with Gasteiger partial charge in [-0.1, -0.05) is 109 Å². The molecule has 0 fully saturated rings. The smallest absolute Gasteiger partial charge is 0.0364 e. The van der Waals surface area contributed by atoms with E-state index in [0.29, 0.717) is 0 Å². The van der Waals surface area contributed by atoms with Crippen molar-refractivity contribution in [2.75, 3.05) is 0 Å². The van der Waals surface area contributed by atoms with Gasteiger partial charge < -0.3 is 0 Å². The highest BCUT2D eigenvalue weighted by molar-refractivity contribution is 6.04. The first-order valence-corrected chi connectivity index (χ1v) is 10.2. The van der Waals surface area contributed by atoms with Crippen LogP contribution in [-0.4, -0.2) is 0 Å². The molecule has 0 radical (unpaired) electrons. The fourth-order valence-electron chi connectivity index (χ4n) is 4.87. The van der Waals surface area contributed by atoms with Gasteiger partial charge in [0.05, 0.1) is 0 Å². The van der Waals surface area contributed by atoms with Crippen LogP contribution < -0.4 is 0 Å². The van der Waals surface area contributed by atoms with Gasteiger partial charge in [-0.2, -0.15) is 0 Å². The first kappa shape index (κ1) is 16.3. The molecule has 0 heteroatoms. The number of hydrogen-bond donors (Lipinski definition) is 0. The van der Waals surface area contributed by atoms with E-state index in [1.54, 1.807) is 0 Å². The van der Waals surface area contributed by atoms with E-state index in [9.17, 15) is 0 Å². The van der Waals surface area contributed by atoms with Gasteiger partial charge in [-0.3, -0.25) is 0 Å². The van der Waals surface area contributed by atoms with Crippen LogP contribution in [-0.2, 0) is 0 Å². The van der Waals surface area contributed by atoms with Crippen LogP contribution in [0.2, 0.25) is 0 Å². The molecule has 0 amide bonds. The Kier molecular flexibility index (Phi) is 3.64. The highest BCUT2D eigenvalue weighted by Gasteiger charge is 2.26. The van der Waals surface area contributed by atoms with Crippen molar-refractivity contribution >= 4 is 33.7 Å². The highest BCUT2D eigenvalue weighted by Crippen LogP contribution is 2.44. The van der Waals surface area contributed by atoms with Crippen LogP contribution in [0.5, 0.6) is 0 Å². The maximum Gasteiger partial charge on any atom is 0.0364 e. The summed E-state index contributed by atoms with van der Waals surface area (Å²) >= 11 is 0. The molecule has 0 atom stereocenters. The minimum absolute atomic E-state index is 0.188. The molecule has 0 aliphatic heterocycles. The summed E-state index contributed by atoms with van der Waals surface area (Å²) in [5, 5.41) is 5.27. The molecule has 0 nitrogen and oxygen atoms in total. The summed E-state index contributed by atoms with van der Waals surface area (Å²) in [7, 11) is 0.